The number of rotatable bonds is 10. The highest BCUT2D eigenvalue weighted by atomic mass is 16.3. The highest BCUT2D eigenvalue weighted by Crippen LogP contribution is 2.60. The van der Waals surface area contributed by atoms with Gasteiger partial charge >= 0.3 is 0 Å². The number of furan rings is 3. The standard InChI is InChI=1S/C42H29N3O.C40H27N3O.C36H25N3O/c1-42(2)33-22-11-9-20-30(33)36-32(25-35-37(38(36)42)31-21-10-12-23-34(31)46-35)28-18-13-19-29(24-28)41-44-39(26-14-5-3-6-15-26)43-40(45-41)27-16-7-4-8-17-27;1-40(2)31-21-10-8-18-28(31)34-30(23-33-35(36(34)40)29-19-9-11-22-32(29)44-33)39-42-37(25-14-4-3-5-15-25)41-38(43-39)27-20-12-16-24-13-6-7-17-26(24)27;1-36(2)27-19-11-9-17-24(27)30-26(21-29-31(32(30)36)25-18-10-12-20-28(25)40-29)35-38-33(22-13-5-3-6-14-22)37-34(39-35)23-15-7-4-8-16-23/h3-25H,1-2H3;3-23H,1-2H3;3-21H,1-2H3. The molecule has 0 radical (unpaired) electrons. The number of nitrogens with zero attached hydrogens (tertiary/aromatic N) is 9. The van der Waals surface area contributed by atoms with Crippen LogP contribution in [-0.2, 0) is 16.2 Å². The van der Waals surface area contributed by atoms with Crippen molar-refractivity contribution >= 4 is 76.6 Å². The van der Waals surface area contributed by atoms with E-state index in [0.29, 0.717) is 52.4 Å². The molecule has 0 unspecified atom stereocenters. The predicted molar refractivity (Wildman–Crippen MR) is 526 cm³/mol. The summed E-state index contributed by atoms with van der Waals surface area (Å²) in [5.41, 5.74) is 30.4. The monoisotopic (exact) mass is 1670 g/mol. The van der Waals surface area contributed by atoms with Gasteiger partial charge in [0.15, 0.2) is 52.4 Å². The fourth-order valence-electron chi connectivity index (χ4n) is 20.5. The molecular formula is C118H81N9O3. The van der Waals surface area contributed by atoms with Crippen LogP contribution < -0.4 is 0 Å². The van der Waals surface area contributed by atoms with Crippen LogP contribution >= 0.6 is 0 Å². The van der Waals surface area contributed by atoms with Gasteiger partial charge in [-0.1, -0.05) is 381 Å². The van der Waals surface area contributed by atoms with Crippen molar-refractivity contribution in [3.63, 3.8) is 0 Å². The molecule has 0 fully saturated rings. The Hall–Kier alpha value is -16.6. The third-order valence-electron chi connectivity index (χ3n) is 26.5. The predicted octanol–water partition coefficient (Wildman–Crippen LogP) is 30.1. The Bertz CT molecular complexity index is 8390. The van der Waals surface area contributed by atoms with E-state index >= 15 is 0 Å². The summed E-state index contributed by atoms with van der Waals surface area (Å²) in [7, 11) is 0. The van der Waals surface area contributed by atoms with Crippen molar-refractivity contribution in [2.45, 2.75) is 57.8 Å². The van der Waals surface area contributed by atoms with E-state index < -0.39 is 0 Å². The number of benzene rings is 17. The highest BCUT2D eigenvalue weighted by Gasteiger charge is 2.44. The summed E-state index contributed by atoms with van der Waals surface area (Å²) in [6.45, 7) is 13.9. The Morgan fingerprint density at radius 3 is 0.800 bits per heavy atom. The molecule has 26 rings (SSSR count). The van der Waals surface area contributed by atoms with E-state index in [2.05, 4.69) is 254 Å². The molecule has 12 nitrogen and oxygen atoms in total. The zero-order chi connectivity index (χ0) is 87.1. The van der Waals surface area contributed by atoms with E-state index in [1.54, 1.807) is 0 Å². The van der Waals surface area contributed by atoms with Gasteiger partial charge in [-0.15, -0.1) is 0 Å². The molecule has 3 aliphatic carbocycles. The molecule has 0 amide bonds. The molecular weight excluding hydrogens is 1590 g/mol. The van der Waals surface area contributed by atoms with Gasteiger partial charge in [0.25, 0.3) is 0 Å². The fraction of sp³-hybridized carbons (Fsp3) is 0.0763. The summed E-state index contributed by atoms with van der Waals surface area (Å²) in [4.78, 5) is 45.5. The van der Waals surface area contributed by atoms with Gasteiger partial charge < -0.3 is 13.3 Å². The molecule has 17 aromatic carbocycles. The first-order chi connectivity index (χ1) is 63.7. The second-order valence-electron chi connectivity index (χ2n) is 35.3. The largest absolute Gasteiger partial charge is 0.456 e. The van der Waals surface area contributed by atoms with Gasteiger partial charge in [-0.05, 0) is 131 Å². The molecule has 12 heteroatoms. The fourth-order valence-corrected chi connectivity index (χ4v) is 20.5. The van der Waals surface area contributed by atoms with Gasteiger partial charge in [0.05, 0.1) is 0 Å². The number of para-hydroxylation sites is 3. The van der Waals surface area contributed by atoms with Gasteiger partial charge in [0.2, 0.25) is 0 Å². The summed E-state index contributed by atoms with van der Waals surface area (Å²) < 4.78 is 19.6. The van der Waals surface area contributed by atoms with Crippen LogP contribution in [0.5, 0.6) is 0 Å². The second-order valence-corrected chi connectivity index (χ2v) is 35.3. The Morgan fingerprint density at radius 1 is 0.177 bits per heavy atom. The van der Waals surface area contributed by atoms with Gasteiger partial charge in [-0.3, -0.25) is 0 Å². The van der Waals surface area contributed by atoms with Crippen molar-refractivity contribution in [3.8, 4) is 147 Å². The molecule has 23 aromatic rings. The maximum absolute atomic E-state index is 6.55. The first-order valence-electron chi connectivity index (χ1n) is 44.1. The van der Waals surface area contributed by atoms with Crippen LogP contribution in [0.25, 0.3) is 224 Å². The highest BCUT2D eigenvalue weighted by molar-refractivity contribution is 6.17. The second kappa shape index (κ2) is 30.4. The van der Waals surface area contributed by atoms with Crippen molar-refractivity contribution in [2.24, 2.45) is 0 Å². The molecule has 6 aromatic heterocycles. The Kier molecular flexibility index (Phi) is 18.0. The number of aromatic nitrogens is 9. The minimum Gasteiger partial charge on any atom is -0.456 e. The van der Waals surface area contributed by atoms with Crippen LogP contribution in [0.1, 0.15) is 74.9 Å². The molecule has 0 N–H and O–H groups in total. The molecule has 0 aliphatic heterocycles. The minimum absolute atomic E-state index is 0.201. The molecule has 0 bridgehead atoms. The minimum atomic E-state index is -0.249. The zero-order valence-corrected chi connectivity index (χ0v) is 72.1. The average Bonchev–Trinajstić information content (AvgIpc) is 1.54. The van der Waals surface area contributed by atoms with E-state index in [4.69, 9.17) is 58.1 Å². The SMILES string of the molecule is CC1(C)c2ccccc2-c2c(-c3cccc(-c4nc(-c5ccccc5)nc(-c5ccccc5)n4)c3)cc3oc4ccccc4c3c21.CC1(C)c2ccccc2-c2c(-c3nc(-c4ccccc4)nc(-c4cccc5ccccc45)n3)cc3oc4ccccc4c3c21.CC1(C)c2ccccc2-c2c(-c3nc(-c4ccccc4)nc(-c4ccccc4)n3)cc3oc4ccccc4c3c21. The number of hydrogen-bond acceptors (Lipinski definition) is 12. The van der Waals surface area contributed by atoms with Crippen molar-refractivity contribution in [1.29, 1.82) is 0 Å². The van der Waals surface area contributed by atoms with E-state index in [0.717, 1.165) is 132 Å². The van der Waals surface area contributed by atoms with Crippen LogP contribution in [0.4, 0.5) is 0 Å². The zero-order valence-electron chi connectivity index (χ0n) is 72.1. The van der Waals surface area contributed by atoms with Crippen molar-refractivity contribution in [1.82, 2.24) is 44.9 Å². The van der Waals surface area contributed by atoms with Gasteiger partial charge in [0.1, 0.15) is 33.5 Å². The molecule has 0 spiro atoms. The van der Waals surface area contributed by atoms with Crippen LogP contribution in [0.3, 0.4) is 0 Å². The molecule has 6 heterocycles. The normalized spacial score (nSPS) is 13.3. The van der Waals surface area contributed by atoms with Gasteiger partial charge in [-0.2, -0.15) is 0 Å². The molecule has 0 atom stereocenters. The smallest absolute Gasteiger partial charge is 0.164 e. The summed E-state index contributed by atoms with van der Waals surface area (Å²) >= 11 is 0. The van der Waals surface area contributed by atoms with E-state index in [1.807, 2.05) is 170 Å². The first kappa shape index (κ1) is 77.0. The Balaban J connectivity index is 0.000000108. The Morgan fingerprint density at radius 2 is 0.423 bits per heavy atom. The summed E-state index contributed by atoms with van der Waals surface area (Å²) in [5, 5.41) is 9.19. The summed E-state index contributed by atoms with van der Waals surface area (Å²) in [6.07, 6.45) is 0. The number of fused-ring (bicyclic) bond motifs is 22. The third kappa shape index (κ3) is 12.6. The molecule has 616 valence electrons. The van der Waals surface area contributed by atoms with Crippen molar-refractivity contribution in [3.05, 3.63) is 416 Å². The van der Waals surface area contributed by atoms with E-state index in [1.165, 1.54) is 72.1 Å². The lowest BCUT2D eigenvalue weighted by Gasteiger charge is -2.23. The average molecular weight is 1670 g/mol. The van der Waals surface area contributed by atoms with Crippen LogP contribution in [-0.4, -0.2) is 44.9 Å². The van der Waals surface area contributed by atoms with Crippen LogP contribution in [0, 0.1) is 0 Å². The summed E-state index contributed by atoms with van der Waals surface area (Å²) in [5.74, 6) is 5.78. The maximum Gasteiger partial charge on any atom is 0.164 e. The van der Waals surface area contributed by atoms with Crippen molar-refractivity contribution < 1.29 is 13.3 Å². The lowest BCUT2D eigenvalue weighted by atomic mass is 9.79. The first-order valence-corrected chi connectivity index (χ1v) is 44.1. The van der Waals surface area contributed by atoms with E-state index in [-0.39, 0.29) is 16.2 Å². The summed E-state index contributed by atoms with van der Waals surface area (Å²) in [6, 6.07) is 132. The molecule has 0 saturated heterocycles. The van der Waals surface area contributed by atoms with Gasteiger partial charge in [-0.25, -0.2) is 44.9 Å². The lowest BCUT2D eigenvalue weighted by molar-refractivity contribution is 0.657. The van der Waals surface area contributed by atoms with Crippen LogP contribution in [0.2, 0.25) is 0 Å². The maximum atomic E-state index is 6.55. The molecule has 0 saturated carbocycles. The molecule has 3 aliphatic rings. The van der Waals surface area contributed by atoms with Crippen molar-refractivity contribution in [2.75, 3.05) is 0 Å². The number of hydrogen-bond donors (Lipinski definition) is 0. The van der Waals surface area contributed by atoms with Gasteiger partial charge in [0, 0.05) is 98.6 Å². The Labute approximate surface area is 750 Å². The van der Waals surface area contributed by atoms with E-state index in [9.17, 15) is 0 Å². The third-order valence-corrected chi connectivity index (χ3v) is 26.5. The lowest BCUT2D eigenvalue weighted by Crippen LogP contribution is -2.15. The van der Waals surface area contributed by atoms with Crippen LogP contribution in [0.15, 0.2) is 395 Å². The topological polar surface area (TPSA) is 155 Å². The quantitative estimate of drug-likeness (QED) is 0.128. The molecule has 130 heavy (non-hydrogen) atoms.